The fourth-order valence-electron chi connectivity index (χ4n) is 3.04. The van der Waals surface area contributed by atoms with Gasteiger partial charge in [0.25, 0.3) is 0 Å². The molecule has 0 spiro atoms. The monoisotopic (exact) mass is 251 g/mol. The van der Waals surface area contributed by atoms with Crippen LogP contribution in [0.3, 0.4) is 0 Å². The molecule has 0 saturated heterocycles. The van der Waals surface area contributed by atoms with Gasteiger partial charge in [0, 0.05) is 32.0 Å². The maximum Gasteiger partial charge on any atom is 0.0666 e. The molecule has 1 heterocycles. The molecule has 1 aliphatic carbocycles. The molecule has 4 heteroatoms. The minimum absolute atomic E-state index is 0.347. The normalized spacial score (nSPS) is 23.7. The van der Waals surface area contributed by atoms with Crippen LogP contribution in [0.2, 0.25) is 0 Å². The van der Waals surface area contributed by atoms with Crippen molar-refractivity contribution in [3.05, 3.63) is 17.5 Å². The highest BCUT2D eigenvalue weighted by Crippen LogP contribution is 2.30. The van der Waals surface area contributed by atoms with Crippen molar-refractivity contribution in [3.63, 3.8) is 0 Å². The number of aromatic nitrogens is 2. The average molecular weight is 251 g/mol. The molecule has 0 aromatic carbocycles. The third-order valence-electron chi connectivity index (χ3n) is 4.10. The molecule has 2 N–H and O–H groups in total. The molecule has 18 heavy (non-hydrogen) atoms. The van der Waals surface area contributed by atoms with E-state index in [4.69, 9.17) is 0 Å². The van der Waals surface area contributed by atoms with Crippen molar-refractivity contribution < 1.29 is 5.11 Å². The largest absolute Gasteiger partial charge is 0.396 e. The molecule has 1 aromatic rings. The van der Waals surface area contributed by atoms with E-state index in [1.165, 1.54) is 30.5 Å². The van der Waals surface area contributed by atoms with Crippen LogP contribution in [0.15, 0.2) is 6.20 Å². The highest BCUT2D eigenvalue weighted by Gasteiger charge is 2.25. The van der Waals surface area contributed by atoms with E-state index in [1.807, 2.05) is 11.7 Å². The standard InChI is InChI=1S/C14H25N3O/c1-3-14-13(9-17(2)16-14)8-15-7-11-5-4-6-12(11)10-18/h9,11-12,15,18H,3-8,10H2,1-2H3. The lowest BCUT2D eigenvalue weighted by Gasteiger charge is -2.17. The van der Waals surface area contributed by atoms with Crippen LogP contribution < -0.4 is 5.32 Å². The average Bonchev–Trinajstić information content (AvgIpc) is 2.95. The molecule has 2 unspecified atom stereocenters. The Hall–Kier alpha value is -0.870. The summed E-state index contributed by atoms with van der Waals surface area (Å²) in [4.78, 5) is 0. The fourth-order valence-corrected chi connectivity index (χ4v) is 3.04. The van der Waals surface area contributed by atoms with E-state index < -0.39 is 0 Å². The Balaban J connectivity index is 1.81. The second kappa shape index (κ2) is 6.34. The quantitative estimate of drug-likeness (QED) is 0.805. The Morgan fingerprint density at radius 1 is 1.44 bits per heavy atom. The summed E-state index contributed by atoms with van der Waals surface area (Å²) >= 11 is 0. The smallest absolute Gasteiger partial charge is 0.0666 e. The Morgan fingerprint density at radius 2 is 2.22 bits per heavy atom. The van der Waals surface area contributed by atoms with Crippen LogP contribution >= 0.6 is 0 Å². The van der Waals surface area contributed by atoms with Crippen molar-refractivity contribution in [1.82, 2.24) is 15.1 Å². The molecule has 1 saturated carbocycles. The van der Waals surface area contributed by atoms with Gasteiger partial charge in [0.2, 0.25) is 0 Å². The van der Waals surface area contributed by atoms with Crippen LogP contribution in [0.1, 0.15) is 37.4 Å². The van der Waals surface area contributed by atoms with Crippen molar-refractivity contribution in [1.29, 1.82) is 0 Å². The Bertz CT molecular complexity index is 375. The molecule has 4 nitrogen and oxygen atoms in total. The summed E-state index contributed by atoms with van der Waals surface area (Å²) in [5.74, 6) is 1.16. The summed E-state index contributed by atoms with van der Waals surface area (Å²) in [5, 5.41) is 17.3. The number of nitrogens with one attached hydrogen (secondary N) is 1. The van der Waals surface area contributed by atoms with E-state index >= 15 is 0 Å². The molecule has 2 rings (SSSR count). The van der Waals surface area contributed by atoms with Crippen LogP contribution in [0, 0.1) is 11.8 Å². The van der Waals surface area contributed by atoms with E-state index in [2.05, 4.69) is 23.5 Å². The van der Waals surface area contributed by atoms with Crippen LogP contribution in [-0.4, -0.2) is 28.0 Å². The van der Waals surface area contributed by atoms with Gasteiger partial charge in [0.05, 0.1) is 5.69 Å². The van der Waals surface area contributed by atoms with Crippen molar-refractivity contribution in [2.45, 2.75) is 39.2 Å². The van der Waals surface area contributed by atoms with Gasteiger partial charge in [0.1, 0.15) is 0 Å². The van der Waals surface area contributed by atoms with Gasteiger partial charge >= 0.3 is 0 Å². The highest BCUT2D eigenvalue weighted by atomic mass is 16.3. The van der Waals surface area contributed by atoms with Crippen molar-refractivity contribution >= 4 is 0 Å². The molecule has 1 fully saturated rings. The van der Waals surface area contributed by atoms with Gasteiger partial charge in [-0.3, -0.25) is 4.68 Å². The van der Waals surface area contributed by atoms with E-state index in [0.717, 1.165) is 19.5 Å². The second-order valence-electron chi connectivity index (χ2n) is 5.39. The van der Waals surface area contributed by atoms with Crippen LogP contribution in [0.25, 0.3) is 0 Å². The molecule has 2 atom stereocenters. The lowest BCUT2D eigenvalue weighted by Crippen LogP contribution is -2.26. The van der Waals surface area contributed by atoms with Gasteiger partial charge in [-0.2, -0.15) is 5.10 Å². The summed E-state index contributed by atoms with van der Waals surface area (Å²) in [6, 6.07) is 0. The summed E-state index contributed by atoms with van der Waals surface area (Å²) in [5.41, 5.74) is 2.49. The number of aliphatic hydroxyl groups is 1. The Labute approximate surface area is 109 Å². The third kappa shape index (κ3) is 3.12. The Morgan fingerprint density at radius 3 is 2.94 bits per heavy atom. The molecule has 1 aromatic heterocycles. The zero-order chi connectivity index (χ0) is 13.0. The summed E-state index contributed by atoms with van der Waals surface area (Å²) in [7, 11) is 1.97. The highest BCUT2D eigenvalue weighted by molar-refractivity contribution is 5.16. The van der Waals surface area contributed by atoms with Gasteiger partial charge in [0.15, 0.2) is 0 Å². The first-order chi connectivity index (χ1) is 8.74. The number of aryl methyl sites for hydroxylation is 2. The van der Waals surface area contributed by atoms with Crippen molar-refractivity contribution in [3.8, 4) is 0 Å². The first-order valence-corrected chi connectivity index (χ1v) is 7.07. The summed E-state index contributed by atoms with van der Waals surface area (Å²) in [6.07, 6.45) is 6.80. The van der Waals surface area contributed by atoms with Crippen molar-refractivity contribution in [2.75, 3.05) is 13.2 Å². The number of nitrogens with zero attached hydrogens (tertiary/aromatic N) is 2. The van der Waals surface area contributed by atoms with E-state index in [-0.39, 0.29) is 0 Å². The molecule has 0 aliphatic heterocycles. The van der Waals surface area contributed by atoms with E-state index in [0.29, 0.717) is 18.4 Å². The molecule has 1 aliphatic rings. The van der Waals surface area contributed by atoms with Gasteiger partial charge in [-0.05, 0) is 37.6 Å². The predicted octanol–water partition coefficient (Wildman–Crippen LogP) is 1.48. The number of rotatable bonds is 6. The molecule has 102 valence electrons. The molecule has 0 bridgehead atoms. The topological polar surface area (TPSA) is 50.1 Å². The SMILES string of the molecule is CCc1nn(C)cc1CNCC1CCCC1CO. The maximum absolute atomic E-state index is 9.30. The van der Waals surface area contributed by atoms with E-state index in [1.54, 1.807) is 0 Å². The zero-order valence-electron chi connectivity index (χ0n) is 11.5. The second-order valence-corrected chi connectivity index (χ2v) is 5.39. The summed E-state index contributed by atoms with van der Waals surface area (Å²) in [6.45, 7) is 4.40. The maximum atomic E-state index is 9.30. The van der Waals surface area contributed by atoms with Gasteiger partial charge in [-0.25, -0.2) is 0 Å². The van der Waals surface area contributed by atoms with Crippen molar-refractivity contribution in [2.24, 2.45) is 18.9 Å². The molecule has 0 amide bonds. The first-order valence-electron chi connectivity index (χ1n) is 7.07. The molecular weight excluding hydrogens is 226 g/mol. The van der Waals surface area contributed by atoms with Crippen LogP contribution in [0.4, 0.5) is 0 Å². The fraction of sp³-hybridized carbons (Fsp3) is 0.786. The predicted molar refractivity (Wildman–Crippen MR) is 72.2 cm³/mol. The first kappa shape index (κ1) is 13.6. The minimum Gasteiger partial charge on any atom is -0.396 e. The third-order valence-corrected chi connectivity index (χ3v) is 4.10. The van der Waals surface area contributed by atoms with E-state index in [9.17, 15) is 5.11 Å². The van der Waals surface area contributed by atoms with Crippen LogP contribution in [0.5, 0.6) is 0 Å². The van der Waals surface area contributed by atoms with Crippen LogP contribution in [-0.2, 0) is 20.0 Å². The summed E-state index contributed by atoms with van der Waals surface area (Å²) < 4.78 is 1.89. The molecule has 0 radical (unpaired) electrons. The zero-order valence-corrected chi connectivity index (χ0v) is 11.5. The Kier molecular flexibility index (Phi) is 4.78. The minimum atomic E-state index is 0.347. The number of aliphatic hydroxyl groups excluding tert-OH is 1. The number of hydrogen-bond acceptors (Lipinski definition) is 3. The number of hydrogen-bond donors (Lipinski definition) is 2. The lowest BCUT2D eigenvalue weighted by molar-refractivity contribution is 0.192. The molecular formula is C14H25N3O. The van der Waals surface area contributed by atoms with Gasteiger partial charge in [-0.15, -0.1) is 0 Å². The van der Waals surface area contributed by atoms with Gasteiger partial charge < -0.3 is 10.4 Å². The lowest BCUT2D eigenvalue weighted by atomic mass is 9.97. The van der Waals surface area contributed by atoms with Gasteiger partial charge in [-0.1, -0.05) is 13.3 Å².